The molecule has 0 aliphatic heterocycles. The number of allylic oxidation sites excluding steroid dienone is 1. The lowest BCUT2D eigenvalue weighted by Gasteiger charge is -2.04. The van der Waals surface area contributed by atoms with Gasteiger partial charge in [0, 0.05) is 11.4 Å². The third kappa shape index (κ3) is 4.63. The zero-order chi connectivity index (χ0) is 13.4. The van der Waals surface area contributed by atoms with Gasteiger partial charge in [0.25, 0.3) is 0 Å². The van der Waals surface area contributed by atoms with E-state index >= 15 is 0 Å². The summed E-state index contributed by atoms with van der Waals surface area (Å²) in [6.07, 6.45) is 3.39. The van der Waals surface area contributed by atoms with Crippen molar-refractivity contribution in [3.63, 3.8) is 0 Å². The third-order valence-corrected chi connectivity index (χ3v) is 2.82. The van der Waals surface area contributed by atoms with E-state index in [1.54, 1.807) is 18.7 Å². The standard InChI is InChI=1S/C13H15NO3S/c1-3-14-13(16)17-11(9-15)8-10-4-6-12(18-2)7-5-10/h4-9H,3H2,1-2H3,(H,14,16)/b11-8+. The molecular formula is C13H15NO3S. The second-order valence-electron chi connectivity index (χ2n) is 3.36. The van der Waals surface area contributed by atoms with Crippen LogP contribution in [0.1, 0.15) is 12.5 Å². The third-order valence-electron chi connectivity index (χ3n) is 2.07. The maximum absolute atomic E-state index is 11.2. The quantitative estimate of drug-likeness (QED) is 0.385. The van der Waals surface area contributed by atoms with Crippen molar-refractivity contribution in [1.82, 2.24) is 5.32 Å². The van der Waals surface area contributed by atoms with Crippen molar-refractivity contribution < 1.29 is 14.3 Å². The number of alkyl carbamates (subject to hydrolysis) is 1. The Balaban J connectivity index is 2.76. The first-order valence-corrected chi connectivity index (χ1v) is 6.68. The van der Waals surface area contributed by atoms with Gasteiger partial charge in [-0.1, -0.05) is 12.1 Å². The van der Waals surface area contributed by atoms with Gasteiger partial charge < -0.3 is 10.1 Å². The fourth-order valence-corrected chi connectivity index (χ4v) is 1.65. The number of hydrogen-bond acceptors (Lipinski definition) is 4. The monoisotopic (exact) mass is 265 g/mol. The van der Waals surface area contributed by atoms with Crippen LogP contribution in [0.15, 0.2) is 34.9 Å². The molecule has 1 N–H and O–H groups in total. The van der Waals surface area contributed by atoms with Gasteiger partial charge in [-0.25, -0.2) is 4.79 Å². The summed E-state index contributed by atoms with van der Waals surface area (Å²) < 4.78 is 4.84. The molecule has 0 saturated heterocycles. The summed E-state index contributed by atoms with van der Waals surface area (Å²) >= 11 is 1.63. The lowest BCUT2D eigenvalue weighted by molar-refractivity contribution is -0.106. The molecule has 0 bridgehead atoms. The van der Waals surface area contributed by atoms with E-state index in [4.69, 9.17) is 4.74 Å². The van der Waals surface area contributed by atoms with Crippen molar-refractivity contribution in [2.24, 2.45) is 0 Å². The Kier molecular flexibility index (Phi) is 6.00. The van der Waals surface area contributed by atoms with Crippen LogP contribution in [0, 0.1) is 0 Å². The van der Waals surface area contributed by atoms with E-state index in [9.17, 15) is 9.59 Å². The van der Waals surface area contributed by atoms with Gasteiger partial charge in [0.2, 0.25) is 0 Å². The number of thioether (sulfide) groups is 1. The normalized spacial score (nSPS) is 10.9. The van der Waals surface area contributed by atoms with Crippen LogP contribution in [0.4, 0.5) is 4.79 Å². The van der Waals surface area contributed by atoms with Crippen molar-refractivity contribution in [3.05, 3.63) is 35.6 Å². The molecule has 1 aromatic carbocycles. The summed E-state index contributed by atoms with van der Waals surface area (Å²) in [5.74, 6) is -0.0159. The molecule has 0 saturated carbocycles. The molecule has 96 valence electrons. The van der Waals surface area contributed by atoms with Gasteiger partial charge in [0.05, 0.1) is 0 Å². The van der Waals surface area contributed by atoms with E-state index < -0.39 is 6.09 Å². The molecule has 0 radical (unpaired) electrons. The summed E-state index contributed by atoms with van der Waals surface area (Å²) in [7, 11) is 0. The van der Waals surface area contributed by atoms with E-state index in [1.807, 2.05) is 30.5 Å². The van der Waals surface area contributed by atoms with Crippen molar-refractivity contribution in [3.8, 4) is 0 Å². The van der Waals surface area contributed by atoms with Crippen LogP contribution in [0.25, 0.3) is 6.08 Å². The Morgan fingerprint density at radius 3 is 2.56 bits per heavy atom. The van der Waals surface area contributed by atoms with Crippen molar-refractivity contribution in [2.75, 3.05) is 12.8 Å². The molecule has 0 fully saturated rings. The number of ether oxygens (including phenoxy) is 1. The fourth-order valence-electron chi connectivity index (χ4n) is 1.24. The van der Waals surface area contributed by atoms with Crippen molar-refractivity contribution >= 4 is 30.2 Å². The Morgan fingerprint density at radius 2 is 2.06 bits per heavy atom. The molecule has 1 aromatic rings. The van der Waals surface area contributed by atoms with E-state index in [-0.39, 0.29) is 5.76 Å². The molecule has 18 heavy (non-hydrogen) atoms. The second kappa shape index (κ2) is 7.55. The molecule has 0 heterocycles. The van der Waals surface area contributed by atoms with Gasteiger partial charge in [0.15, 0.2) is 12.0 Å². The van der Waals surface area contributed by atoms with Gasteiger partial charge in [-0.15, -0.1) is 11.8 Å². The zero-order valence-corrected chi connectivity index (χ0v) is 11.1. The van der Waals surface area contributed by atoms with E-state index in [1.165, 1.54) is 6.08 Å². The van der Waals surface area contributed by atoms with E-state index in [0.717, 1.165) is 10.5 Å². The van der Waals surface area contributed by atoms with Crippen LogP contribution in [0.3, 0.4) is 0 Å². The first-order chi connectivity index (χ1) is 8.69. The summed E-state index contributed by atoms with van der Waals surface area (Å²) in [4.78, 5) is 23.1. The SMILES string of the molecule is CCNC(=O)O/C(C=O)=C/c1ccc(SC)cc1. The summed E-state index contributed by atoms with van der Waals surface area (Å²) in [6, 6.07) is 7.59. The molecule has 0 aliphatic carbocycles. The number of benzene rings is 1. The van der Waals surface area contributed by atoms with Gasteiger partial charge in [-0.3, -0.25) is 4.79 Å². The predicted molar refractivity (Wildman–Crippen MR) is 72.4 cm³/mol. The Morgan fingerprint density at radius 1 is 1.39 bits per heavy atom. The van der Waals surface area contributed by atoms with Crippen LogP contribution >= 0.6 is 11.8 Å². The molecule has 0 aliphatic rings. The molecule has 5 heteroatoms. The average molecular weight is 265 g/mol. The van der Waals surface area contributed by atoms with Gasteiger partial charge in [-0.05, 0) is 37.0 Å². The van der Waals surface area contributed by atoms with Crippen LogP contribution in [-0.2, 0) is 9.53 Å². The van der Waals surface area contributed by atoms with Crippen molar-refractivity contribution in [1.29, 1.82) is 0 Å². The zero-order valence-electron chi connectivity index (χ0n) is 10.3. The topological polar surface area (TPSA) is 55.4 Å². The van der Waals surface area contributed by atoms with Gasteiger partial charge >= 0.3 is 6.09 Å². The number of amides is 1. The molecule has 0 atom stereocenters. The lowest BCUT2D eigenvalue weighted by atomic mass is 10.2. The number of nitrogens with one attached hydrogen (secondary N) is 1. The average Bonchev–Trinajstić information content (AvgIpc) is 2.39. The number of rotatable bonds is 5. The molecule has 0 unspecified atom stereocenters. The first-order valence-electron chi connectivity index (χ1n) is 5.46. The highest BCUT2D eigenvalue weighted by atomic mass is 32.2. The Hall–Kier alpha value is -1.75. The minimum absolute atomic E-state index is 0.0159. The summed E-state index contributed by atoms with van der Waals surface area (Å²) in [5.41, 5.74) is 0.805. The maximum atomic E-state index is 11.2. The molecule has 0 aromatic heterocycles. The fraction of sp³-hybridized carbons (Fsp3) is 0.231. The molecule has 1 rings (SSSR count). The number of aldehydes is 1. The highest BCUT2D eigenvalue weighted by Crippen LogP contribution is 2.16. The number of carbonyl (C=O) groups excluding carboxylic acids is 2. The van der Waals surface area contributed by atoms with Crippen molar-refractivity contribution in [2.45, 2.75) is 11.8 Å². The number of hydrogen-bond donors (Lipinski definition) is 1. The molecule has 0 spiro atoms. The minimum Gasteiger partial charge on any atom is -0.407 e. The van der Waals surface area contributed by atoms with Gasteiger partial charge in [-0.2, -0.15) is 0 Å². The second-order valence-corrected chi connectivity index (χ2v) is 4.24. The largest absolute Gasteiger partial charge is 0.412 e. The molecule has 4 nitrogen and oxygen atoms in total. The Labute approximate surface area is 110 Å². The summed E-state index contributed by atoms with van der Waals surface area (Å²) in [6.45, 7) is 2.22. The smallest absolute Gasteiger partial charge is 0.407 e. The highest BCUT2D eigenvalue weighted by molar-refractivity contribution is 7.98. The lowest BCUT2D eigenvalue weighted by Crippen LogP contribution is -2.23. The van der Waals surface area contributed by atoms with E-state index in [2.05, 4.69) is 5.32 Å². The first kappa shape index (κ1) is 14.3. The van der Waals surface area contributed by atoms with Crippen LogP contribution in [-0.4, -0.2) is 25.2 Å². The molecule has 1 amide bonds. The maximum Gasteiger partial charge on any atom is 0.412 e. The van der Waals surface area contributed by atoms with E-state index in [0.29, 0.717) is 12.8 Å². The van der Waals surface area contributed by atoms with Crippen LogP contribution in [0.2, 0.25) is 0 Å². The Bertz CT molecular complexity index is 440. The van der Waals surface area contributed by atoms with Crippen LogP contribution in [0.5, 0.6) is 0 Å². The highest BCUT2D eigenvalue weighted by Gasteiger charge is 2.04. The minimum atomic E-state index is -0.628. The number of carbonyl (C=O) groups is 2. The predicted octanol–water partition coefficient (Wildman–Crippen LogP) is 2.69. The summed E-state index contributed by atoms with van der Waals surface area (Å²) in [5, 5.41) is 2.45. The van der Waals surface area contributed by atoms with Gasteiger partial charge in [0.1, 0.15) is 0 Å². The molecular weight excluding hydrogens is 250 g/mol. The van der Waals surface area contributed by atoms with Crippen LogP contribution < -0.4 is 5.32 Å².